The normalized spacial score (nSPS) is 17.3. The Kier molecular flexibility index (Phi) is 13.6. The fourth-order valence-corrected chi connectivity index (χ4v) is 4.33. The van der Waals surface area contributed by atoms with Crippen molar-refractivity contribution in [2.75, 3.05) is 11.9 Å². The van der Waals surface area contributed by atoms with Gasteiger partial charge in [-0.05, 0) is 11.8 Å². The molecule has 3 N–H and O–H groups in total. The van der Waals surface area contributed by atoms with Crippen molar-refractivity contribution in [2.45, 2.75) is 91.5 Å². The minimum absolute atomic E-state index is 0.0899. The number of amides is 1. The van der Waals surface area contributed by atoms with E-state index in [0.717, 1.165) is 16.7 Å². The molecule has 0 spiro atoms. The van der Waals surface area contributed by atoms with Gasteiger partial charge in [-0.15, -0.1) is 11.3 Å². The maximum atomic E-state index is 10.7. The van der Waals surface area contributed by atoms with Gasteiger partial charge >= 0.3 is 5.97 Å². The van der Waals surface area contributed by atoms with Gasteiger partial charge in [0.25, 0.3) is 0 Å². The number of carbonyl (C=O) groups is 2. The first-order valence-corrected chi connectivity index (χ1v) is 11.8. The number of carboxylic acid groups (broad SMARTS) is 1. The highest BCUT2D eigenvalue weighted by molar-refractivity contribution is 7.15. The molecule has 1 amide bonds. The summed E-state index contributed by atoms with van der Waals surface area (Å²) in [6, 6.07) is 0. The van der Waals surface area contributed by atoms with Crippen LogP contribution in [-0.4, -0.2) is 28.5 Å². The Morgan fingerprint density at radius 2 is 1.55 bits per heavy atom. The van der Waals surface area contributed by atoms with Crippen molar-refractivity contribution in [3.63, 3.8) is 0 Å². The lowest BCUT2D eigenvalue weighted by atomic mass is 9.91. The van der Waals surface area contributed by atoms with Crippen molar-refractivity contribution >= 4 is 28.3 Å². The zero-order chi connectivity index (χ0) is 21.5. The number of aliphatic carboxylic acids is 1. The van der Waals surface area contributed by atoms with Crippen LogP contribution in [0.15, 0.2) is 6.20 Å². The van der Waals surface area contributed by atoms with Gasteiger partial charge in [-0.3, -0.25) is 9.59 Å². The van der Waals surface area contributed by atoms with E-state index in [1.54, 1.807) is 6.20 Å². The molecule has 1 heterocycles. The number of carbonyl (C=O) groups excluding carboxylic acids is 1. The molecule has 0 saturated heterocycles. The van der Waals surface area contributed by atoms with Crippen LogP contribution < -0.4 is 10.6 Å². The molecule has 0 aliphatic heterocycles. The summed E-state index contributed by atoms with van der Waals surface area (Å²) < 4.78 is 0. The first kappa shape index (κ1) is 25.6. The summed E-state index contributed by atoms with van der Waals surface area (Å²) in [7, 11) is 0. The highest BCUT2D eigenvalue weighted by Gasteiger charge is 2.07. The van der Waals surface area contributed by atoms with Crippen LogP contribution in [0.25, 0.3) is 0 Å². The lowest BCUT2D eigenvalue weighted by Gasteiger charge is -2.15. The summed E-state index contributed by atoms with van der Waals surface area (Å²) in [6.45, 7) is 6.47. The van der Waals surface area contributed by atoms with Gasteiger partial charge in [-0.2, -0.15) is 0 Å². The number of nitrogens with one attached hydrogen (secondary N) is 2. The van der Waals surface area contributed by atoms with Crippen molar-refractivity contribution in [3.05, 3.63) is 11.1 Å². The summed E-state index contributed by atoms with van der Waals surface area (Å²) >= 11 is 1.31. The van der Waals surface area contributed by atoms with Crippen molar-refractivity contribution in [3.8, 4) is 0 Å². The van der Waals surface area contributed by atoms with E-state index >= 15 is 0 Å². The molecule has 3 rings (SSSR count). The highest BCUT2D eigenvalue weighted by Crippen LogP contribution is 2.22. The van der Waals surface area contributed by atoms with E-state index in [2.05, 4.69) is 29.5 Å². The SMILES string of the molecule is CC(=O)Nc1ncc(CNCC(=O)O)s1.CC1CCCCC1.CC1CCCCC1. The predicted octanol–water partition coefficient (Wildman–Crippen LogP) is 5.45. The molecule has 2 aliphatic rings. The number of aromatic nitrogens is 1. The van der Waals surface area contributed by atoms with Crippen LogP contribution >= 0.6 is 11.3 Å². The van der Waals surface area contributed by atoms with Crippen LogP contribution in [0, 0.1) is 11.8 Å². The number of thiazole rings is 1. The molecule has 1 aromatic heterocycles. The molecule has 1 aromatic rings. The zero-order valence-corrected chi connectivity index (χ0v) is 19.2. The summed E-state index contributed by atoms with van der Waals surface area (Å²) in [5.74, 6) is 0.999. The lowest BCUT2D eigenvalue weighted by Crippen LogP contribution is -2.21. The molecule has 0 atom stereocenters. The topological polar surface area (TPSA) is 91.3 Å². The smallest absolute Gasteiger partial charge is 0.317 e. The van der Waals surface area contributed by atoms with Crippen molar-refractivity contribution < 1.29 is 14.7 Å². The second-order valence-corrected chi connectivity index (χ2v) is 9.41. The Morgan fingerprint density at radius 1 is 1.03 bits per heavy atom. The number of anilines is 1. The fourth-order valence-electron chi connectivity index (χ4n) is 3.50. The second kappa shape index (κ2) is 15.4. The minimum atomic E-state index is -0.901. The van der Waals surface area contributed by atoms with Gasteiger partial charge in [-0.25, -0.2) is 4.98 Å². The molecule has 29 heavy (non-hydrogen) atoms. The third-order valence-electron chi connectivity index (χ3n) is 5.20. The van der Waals surface area contributed by atoms with Crippen molar-refractivity contribution in [1.82, 2.24) is 10.3 Å². The first-order chi connectivity index (χ1) is 13.9. The van der Waals surface area contributed by atoms with E-state index in [9.17, 15) is 9.59 Å². The van der Waals surface area contributed by atoms with E-state index in [0.29, 0.717) is 11.7 Å². The molecule has 2 aliphatic carbocycles. The second-order valence-electron chi connectivity index (χ2n) is 8.30. The molecule has 6 nitrogen and oxygen atoms in total. The molecule has 0 bridgehead atoms. The molecule has 0 aromatic carbocycles. The highest BCUT2D eigenvalue weighted by atomic mass is 32.1. The predicted molar refractivity (Wildman–Crippen MR) is 120 cm³/mol. The standard InChI is InChI=1S/C8H11N3O3S.2C7H14/c1-5(12)11-8-10-3-6(15-8)2-9-4-7(13)14;2*1-7-5-3-2-4-6-7/h3,9H,2,4H2,1H3,(H,13,14)(H,10,11,12);2*7H,2-6H2,1H3. The van der Waals surface area contributed by atoms with E-state index in [1.807, 2.05) is 0 Å². The number of rotatable bonds is 5. The van der Waals surface area contributed by atoms with E-state index in [-0.39, 0.29) is 12.5 Å². The zero-order valence-electron chi connectivity index (χ0n) is 18.3. The molecule has 0 unspecified atom stereocenters. The van der Waals surface area contributed by atoms with E-state index in [4.69, 9.17) is 5.11 Å². The summed E-state index contributed by atoms with van der Waals surface area (Å²) in [5, 5.41) is 14.2. The molecule has 2 saturated carbocycles. The Hall–Kier alpha value is -1.47. The minimum Gasteiger partial charge on any atom is -0.480 e. The van der Waals surface area contributed by atoms with Crippen LogP contribution in [0.2, 0.25) is 0 Å². The van der Waals surface area contributed by atoms with Gasteiger partial charge in [0.15, 0.2) is 5.13 Å². The first-order valence-electron chi connectivity index (χ1n) is 11.0. The Bertz CT molecular complexity index is 564. The Morgan fingerprint density at radius 3 is 1.93 bits per heavy atom. The van der Waals surface area contributed by atoms with Gasteiger partial charge in [-0.1, -0.05) is 78.1 Å². The third-order valence-corrected chi connectivity index (χ3v) is 6.11. The van der Waals surface area contributed by atoms with Crippen LogP contribution in [0.4, 0.5) is 5.13 Å². The third kappa shape index (κ3) is 14.2. The molecular formula is C22H39N3O3S. The average Bonchev–Trinajstić information content (AvgIpc) is 3.10. The number of carboxylic acids is 1. The van der Waals surface area contributed by atoms with Crippen LogP contribution in [0.5, 0.6) is 0 Å². The largest absolute Gasteiger partial charge is 0.480 e. The van der Waals surface area contributed by atoms with Gasteiger partial charge in [0.2, 0.25) is 5.91 Å². The number of nitrogens with zero attached hydrogens (tertiary/aromatic N) is 1. The van der Waals surface area contributed by atoms with Crippen molar-refractivity contribution in [1.29, 1.82) is 0 Å². The van der Waals surface area contributed by atoms with Gasteiger partial charge in [0, 0.05) is 24.5 Å². The average molecular weight is 426 g/mol. The van der Waals surface area contributed by atoms with Crippen LogP contribution in [0.1, 0.15) is 89.9 Å². The van der Waals surface area contributed by atoms with Crippen LogP contribution in [-0.2, 0) is 16.1 Å². The molecule has 0 radical (unpaired) electrons. The summed E-state index contributed by atoms with van der Waals surface area (Å²) in [4.78, 5) is 25.7. The molecular weight excluding hydrogens is 386 g/mol. The number of hydrogen-bond acceptors (Lipinski definition) is 5. The quantitative estimate of drug-likeness (QED) is 0.583. The van der Waals surface area contributed by atoms with Crippen molar-refractivity contribution in [2.24, 2.45) is 11.8 Å². The summed E-state index contributed by atoms with van der Waals surface area (Å²) in [6.07, 6.45) is 16.5. The maximum Gasteiger partial charge on any atom is 0.317 e. The van der Waals surface area contributed by atoms with Gasteiger partial charge in [0.05, 0.1) is 6.54 Å². The van der Waals surface area contributed by atoms with E-state index < -0.39 is 5.97 Å². The maximum absolute atomic E-state index is 10.7. The van der Waals surface area contributed by atoms with Crippen LogP contribution in [0.3, 0.4) is 0 Å². The van der Waals surface area contributed by atoms with Gasteiger partial charge in [0.1, 0.15) is 0 Å². The monoisotopic (exact) mass is 425 g/mol. The van der Waals surface area contributed by atoms with Gasteiger partial charge < -0.3 is 15.7 Å². The molecule has 2 fully saturated rings. The fraction of sp³-hybridized carbons (Fsp3) is 0.773. The Labute approximate surface area is 179 Å². The number of hydrogen-bond donors (Lipinski definition) is 3. The van der Waals surface area contributed by atoms with E-state index in [1.165, 1.54) is 82.5 Å². The Balaban J connectivity index is 0.000000248. The summed E-state index contributed by atoms with van der Waals surface area (Å²) in [5.41, 5.74) is 0. The molecule has 7 heteroatoms. The lowest BCUT2D eigenvalue weighted by molar-refractivity contribution is -0.136. The molecule has 166 valence electrons.